The monoisotopic (exact) mass is 306 g/mol. The highest BCUT2D eigenvalue weighted by Gasteiger charge is 2.14. The van der Waals surface area contributed by atoms with Crippen LogP contribution >= 0.6 is 0 Å². The lowest BCUT2D eigenvalue weighted by atomic mass is 10.1. The highest BCUT2D eigenvalue weighted by Crippen LogP contribution is 2.30. The molecular weight excluding hydrogens is 288 g/mol. The molecule has 0 fully saturated rings. The zero-order valence-corrected chi connectivity index (χ0v) is 13.0. The predicted octanol–water partition coefficient (Wildman–Crippen LogP) is 3.16. The number of aryl methyl sites for hydroxylation is 1. The van der Waals surface area contributed by atoms with Crippen LogP contribution in [0.5, 0.6) is 5.75 Å². The minimum absolute atomic E-state index is 0.310. The Morgan fingerprint density at radius 3 is 2.91 bits per heavy atom. The van der Waals surface area contributed by atoms with Gasteiger partial charge in [0.15, 0.2) is 0 Å². The number of ether oxygens (including phenoxy) is 1. The topological polar surface area (TPSA) is 73.9 Å². The summed E-state index contributed by atoms with van der Waals surface area (Å²) >= 11 is 0. The van der Waals surface area contributed by atoms with Gasteiger partial charge in [0.25, 0.3) is 0 Å². The Morgan fingerprint density at radius 1 is 1.13 bits per heavy atom. The highest BCUT2D eigenvalue weighted by atomic mass is 16.5. The second kappa shape index (κ2) is 5.50. The first-order valence-corrected chi connectivity index (χ1v) is 7.94. The second-order valence-electron chi connectivity index (χ2n) is 5.76. The summed E-state index contributed by atoms with van der Waals surface area (Å²) in [5.41, 5.74) is 11.6. The van der Waals surface area contributed by atoms with Crippen molar-refractivity contribution in [3.63, 3.8) is 0 Å². The molecular formula is C18H18N4O. The number of nitrogens with two attached hydrogens (primary N) is 1. The molecule has 3 heterocycles. The van der Waals surface area contributed by atoms with Gasteiger partial charge in [-0.2, -0.15) is 0 Å². The lowest BCUT2D eigenvalue weighted by molar-refractivity contribution is 0.357. The number of hydrogen-bond donors (Lipinski definition) is 1. The molecule has 1 aliphatic heterocycles. The van der Waals surface area contributed by atoms with E-state index in [4.69, 9.17) is 15.5 Å². The molecule has 5 heteroatoms. The molecule has 0 spiro atoms. The van der Waals surface area contributed by atoms with Crippen LogP contribution in [0, 0.1) is 0 Å². The molecule has 116 valence electrons. The van der Waals surface area contributed by atoms with Crippen molar-refractivity contribution in [3.8, 4) is 17.0 Å². The van der Waals surface area contributed by atoms with Crippen molar-refractivity contribution in [2.45, 2.75) is 26.2 Å². The van der Waals surface area contributed by atoms with Crippen molar-refractivity contribution in [1.29, 1.82) is 0 Å². The number of anilines is 1. The first kappa shape index (κ1) is 13.9. The van der Waals surface area contributed by atoms with Gasteiger partial charge in [0.1, 0.15) is 11.3 Å². The van der Waals surface area contributed by atoms with Crippen LogP contribution in [0.25, 0.3) is 22.3 Å². The fourth-order valence-electron chi connectivity index (χ4n) is 3.01. The number of fused-ring (bicyclic) bond motifs is 2. The van der Waals surface area contributed by atoms with Gasteiger partial charge in [0.05, 0.1) is 23.5 Å². The maximum Gasteiger partial charge on any atom is 0.220 e. The van der Waals surface area contributed by atoms with Crippen LogP contribution in [0.1, 0.15) is 24.6 Å². The van der Waals surface area contributed by atoms with E-state index >= 15 is 0 Å². The third kappa shape index (κ3) is 2.48. The maximum atomic E-state index is 5.80. The highest BCUT2D eigenvalue weighted by molar-refractivity contribution is 5.81. The summed E-state index contributed by atoms with van der Waals surface area (Å²) in [4.78, 5) is 13.5. The molecule has 3 aromatic rings. The van der Waals surface area contributed by atoms with Crippen LogP contribution in [0.2, 0.25) is 0 Å². The summed E-state index contributed by atoms with van der Waals surface area (Å²) in [5.74, 6) is 1.29. The predicted molar refractivity (Wildman–Crippen MR) is 90.4 cm³/mol. The molecule has 1 aliphatic rings. The molecule has 0 atom stereocenters. The summed E-state index contributed by atoms with van der Waals surface area (Å²) in [6.07, 6.45) is 2.79. The van der Waals surface area contributed by atoms with Crippen LogP contribution in [-0.2, 0) is 12.8 Å². The summed E-state index contributed by atoms with van der Waals surface area (Å²) in [6.45, 7) is 2.88. The Labute approximate surface area is 134 Å². The van der Waals surface area contributed by atoms with E-state index in [2.05, 4.69) is 29.0 Å². The maximum absolute atomic E-state index is 5.80. The Bertz CT molecular complexity index is 892. The summed E-state index contributed by atoms with van der Waals surface area (Å²) in [7, 11) is 0. The number of benzene rings is 1. The molecule has 0 saturated carbocycles. The lowest BCUT2D eigenvalue weighted by Gasteiger charge is -2.08. The van der Waals surface area contributed by atoms with Crippen LogP contribution in [0.15, 0.2) is 30.3 Å². The quantitative estimate of drug-likeness (QED) is 0.804. The average molecular weight is 306 g/mol. The first-order valence-electron chi connectivity index (χ1n) is 7.94. The minimum atomic E-state index is 0.310. The van der Waals surface area contributed by atoms with Gasteiger partial charge >= 0.3 is 0 Å². The zero-order chi connectivity index (χ0) is 15.8. The van der Waals surface area contributed by atoms with E-state index in [1.807, 2.05) is 18.2 Å². The number of hydrogen-bond acceptors (Lipinski definition) is 5. The van der Waals surface area contributed by atoms with E-state index in [-0.39, 0.29) is 0 Å². The smallest absolute Gasteiger partial charge is 0.220 e. The van der Waals surface area contributed by atoms with Crippen LogP contribution < -0.4 is 10.5 Å². The number of nitrogens with zero attached hydrogens (tertiary/aromatic N) is 3. The van der Waals surface area contributed by atoms with E-state index < -0.39 is 0 Å². The van der Waals surface area contributed by atoms with E-state index in [9.17, 15) is 0 Å². The molecule has 0 aliphatic carbocycles. The summed E-state index contributed by atoms with van der Waals surface area (Å²) < 4.78 is 5.57. The van der Waals surface area contributed by atoms with Crippen molar-refractivity contribution in [2.75, 3.05) is 12.3 Å². The minimum Gasteiger partial charge on any atom is -0.493 e. The van der Waals surface area contributed by atoms with Gasteiger partial charge in [0, 0.05) is 12.0 Å². The van der Waals surface area contributed by atoms with Crippen LogP contribution in [-0.4, -0.2) is 21.6 Å². The second-order valence-corrected chi connectivity index (χ2v) is 5.76. The van der Waals surface area contributed by atoms with E-state index in [1.165, 1.54) is 5.56 Å². The molecule has 2 aromatic heterocycles. The molecule has 4 rings (SSSR count). The SMILES string of the molecule is CCCc1nc(N)nc2ccc(-c3ccc4c(c3)CCO4)nc12. The normalized spacial score (nSPS) is 13.1. The first-order chi connectivity index (χ1) is 11.2. The Hall–Kier alpha value is -2.69. The molecule has 0 bridgehead atoms. The molecule has 1 aromatic carbocycles. The van der Waals surface area contributed by atoms with Crippen molar-refractivity contribution < 1.29 is 4.74 Å². The number of nitrogen functional groups attached to an aromatic ring is 1. The van der Waals surface area contributed by atoms with Gasteiger partial charge in [0.2, 0.25) is 5.95 Å². The van der Waals surface area contributed by atoms with E-state index in [1.54, 1.807) is 0 Å². The van der Waals surface area contributed by atoms with Crippen molar-refractivity contribution >= 4 is 17.0 Å². The fraction of sp³-hybridized carbons (Fsp3) is 0.278. The molecule has 0 unspecified atom stereocenters. The van der Waals surface area contributed by atoms with Gasteiger partial charge in [-0.15, -0.1) is 0 Å². The molecule has 2 N–H and O–H groups in total. The van der Waals surface area contributed by atoms with Gasteiger partial charge in [-0.25, -0.2) is 15.0 Å². The largest absolute Gasteiger partial charge is 0.493 e. The number of rotatable bonds is 3. The Kier molecular flexibility index (Phi) is 3.33. The molecule has 0 amide bonds. The third-order valence-corrected chi connectivity index (χ3v) is 4.10. The summed E-state index contributed by atoms with van der Waals surface area (Å²) in [6, 6.07) is 10.2. The zero-order valence-electron chi connectivity index (χ0n) is 13.0. The van der Waals surface area contributed by atoms with Gasteiger partial charge < -0.3 is 10.5 Å². The van der Waals surface area contributed by atoms with Gasteiger partial charge in [-0.1, -0.05) is 13.3 Å². The fourth-order valence-corrected chi connectivity index (χ4v) is 3.01. The van der Waals surface area contributed by atoms with Crippen LogP contribution in [0.3, 0.4) is 0 Å². The van der Waals surface area contributed by atoms with Crippen molar-refractivity contribution in [1.82, 2.24) is 15.0 Å². The Morgan fingerprint density at radius 2 is 2.04 bits per heavy atom. The van der Waals surface area contributed by atoms with Crippen LogP contribution in [0.4, 0.5) is 5.95 Å². The summed E-state index contributed by atoms with van der Waals surface area (Å²) in [5, 5.41) is 0. The van der Waals surface area contributed by atoms with Gasteiger partial charge in [-0.05, 0) is 42.3 Å². The van der Waals surface area contributed by atoms with Crippen molar-refractivity contribution in [2.24, 2.45) is 0 Å². The number of pyridine rings is 1. The average Bonchev–Trinajstić information content (AvgIpc) is 3.02. The molecule has 23 heavy (non-hydrogen) atoms. The van der Waals surface area contributed by atoms with E-state index in [0.29, 0.717) is 5.95 Å². The molecule has 0 radical (unpaired) electrons. The van der Waals surface area contributed by atoms with Gasteiger partial charge in [-0.3, -0.25) is 0 Å². The molecule has 0 saturated heterocycles. The Balaban J connectivity index is 1.85. The molecule has 5 nitrogen and oxygen atoms in total. The third-order valence-electron chi connectivity index (χ3n) is 4.10. The lowest BCUT2D eigenvalue weighted by Crippen LogP contribution is -2.02. The van der Waals surface area contributed by atoms with E-state index in [0.717, 1.165) is 59.6 Å². The van der Waals surface area contributed by atoms with Crippen molar-refractivity contribution in [3.05, 3.63) is 41.6 Å². The number of aromatic nitrogens is 3. The standard InChI is InChI=1S/C18H18N4O/c1-2-3-14-17-15(22-18(19)21-14)6-5-13(20-17)11-4-7-16-12(10-11)8-9-23-16/h4-7,10H,2-3,8-9H2,1H3,(H2,19,21,22).